The summed E-state index contributed by atoms with van der Waals surface area (Å²) in [6, 6.07) is 12.4. The number of amides is 1. The van der Waals surface area contributed by atoms with Crippen molar-refractivity contribution in [3.05, 3.63) is 48.2 Å². The van der Waals surface area contributed by atoms with E-state index >= 15 is 0 Å². The maximum atomic E-state index is 12.3. The minimum absolute atomic E-state index is 0.0416. The van der Waals surface area contributed by atoms with Gasteiger partial charge in [0.05, 0.1) is 0 Å². The van der Waals surface area contributed by atoms with Crippen LogP contribution in [0.15, 0.2) is 42.6 Å². The molecule has 0 unspecified atom stereocenters. The molecule has 4 rings (SSSR count). The molecule has 0 bridgehead atoms. The first-order chi connectivity index (χ1) is 12.8. The summed E-state index contributed by atoms with van der Waals surface area (Å²) in [7, 11) is 0. The summed E-state index contributed by atoms with van der Waals surface area (Å²) in [6.45, 7) is 2.14. The van der Waals surface area contributed by atoms with Crippen LogP contribution in [0.5, 0.6) is 0 Å². The zero-order chi connectivity index (χ0) is 17.8. The number of carbonyl (C=O) groups is 1. The SMILES string of the molecule is O=C(NC1CCCC1)c1ccc(-c2ccc(N3CCSCC3)nc2)cc1. The lowest BCUT2D eigenvalue weighted by molar-refractivity contribution is 0.0938. The molecular formula is C21H25N3OS. The lowest BCUT2D eigenvalue weighted by Crippen LogP contribution is -2.32. The van der Waals surface area contributed by atoms with Crippen molar-refractivity contribution in [3.8, 4) is 11.1 Å². The first-order valence-corrected chi connectivity index (χ1v) is 10.6. The molecule has 1 aliphatic heterocycles. The van der Waals surface area contributed by atoms with Crippen LogP contribution in [0.2, 0.25) is 0 Å². The fourth-order valence-corrected chi connectivity index (χ4v) is 4.59. The Hall–Kier alpha value is -2.01. The van der Waals surface area contributed by atoms with Crippen LogP contribution in [-0.4, -0.2) is 41.5 Å². The molecule has 1 aromatic heterocycles. The average Bonchev–Trinajstić information content (AvgIpc) is 3.22. The molecule has 1 amide bonds. The number of aromatic nitrogens is 1. The summed E-state index contributed by atoms with van der Waals surface area (Å²) in [4.78, 5) is 19.3. The number of hydrogen-bond acceptors (Lipinski definition) is 4. The molecule has 2 aliphatic rings. The molecule has 0 radical (unpaired) electrons. The first-order valence-electron chi connectivity index (χ1n) is 9.50. The molecule has 1 aromatic carbocycles. The highest BCUT2D eigenvalue weighted by Crippen LogP contribution is 2.23. The normalized spacial score (nSPS) is 18.1. The average molecular weight is 368 g/mol. The zero-order valence-electron chi connectivity index (χ0n) is 15.0. The van der Waals surface area contributed by atoms with Gasteiger partial charge in [0.2, 0.25) is 0 Å². The number of nitrogens with one attached hydrogen (secondary N) is 1. The zero-order valence-corrected chi connectivity index (χ0v) is 15.8. The Morgan fingerprint density at radius 3 is 2.35 bits per heavy atom. The standard InChI is InChI=1S/C21H25N3OS/c25-21(23-19-3-1-2-4-19)17-7-5-16(6-8-17)18-9-10-20(22-15-18)24-11-13-26-14-12-24/h5-10,15,19H,1-4,11-14H2,(H,23,25). The third-order valence-electron chi connectivity index (χ3n) is 5.25. The second-order valence-electron chi connectivity index (χ2n) is 7.04. The number of nitrogens with zero attached hydrogens (tertiary/aromatic N) is 2. The van der Waals surface area contributed by atoms with Crippen molar-refractivity contribution in [1.82, 2.24) is 10.3 Å². The molecule has 1 N–H and O–H groups in total. The molecule has 2 fully saturated rings. The van der Waals surface area contributed by atoms with Crippen molar-refractivity contribution in [1.29, 1.82) is 0 Å². The van der Waals surface area contributed by atoms with Crippen LogP contribution in [0, 0.1) is 0 Å². The monoisotopic (exact) mass is 367 g/mol. The van der Waals surface area contributed by atoms with E-state index in [1.54, 1.807) is 0 Å². The van der Waals surface area contributed by atoms with Gasteiger partial charge in [-0.1, -0.05) is 25.0 Å². The van der Waals surface area contributed by atoms with E-state index in [0.717, 1.165) is 48.4 Å². The van der Waals surface area contributed by atoms with Crippen molar-refractivity contribution in [2.45, 2.75) is 31.7 Å². The molecule has 2 aromatic rings. The first kappa shape index (κ1) is 17.4. The third-order valence-corrected chi connectivity index (χ3v) is 6.20. The van der Waals surface area contributed by atoms with Gasteiger partial charge in [-0.15, -0.1) is 0 Å². The minimum atomic E-state index is 0.0416. The molecule has 1 aliphatic carbocycles. The van der Waals surface area contributed by atoms with Crippen LogP contribution < -0.4 is 10.2 Å². The van der Waals surface area contributed by atoms with Gasteiger partial charge in [-0.3, -0.25) is 4.79 Å². The van der Waals surface area contributed by atoms with Crippen LogP contribution in [-0.2, 0) is 0 Å². The Morgan fingerprint density at radius 1 is 1.00 bits per heavy atom. The van der Waals surface area contributed by atoms with Crippen LogP contribution in [0.1, 0.15) is 36.0 Å². The molecule has 26 heavy (non-hydrogen) atoms. The maximum Gasteiger partial charge on any atom is 0.251 e. The summed E-state index contributed by atoms with van der Waals surface area (Å²) in [5.41, 5.74) is 2.91. The van der Waals surface area contributed by atoms with Crippen molar-refractivity contribution in [2.24, 2.45) is 0 Å². The third kappa shape index (κ3) is 4.04. The molecule has 0 atom stereocenters. The van der Waals surface area contributed by atoms with Crippen LogP contribution in [0.25, 0.3) is 11.1 Å². The largest absolute Gasteiger partial charge is 0.355 e. The van der Waals surface area contributed by atoms with Gasteiger partial charge in [0.15, 0.2) is 0 Å². The number of anilines is 1. The van der Waals surface area contributed by atoms with E-state index in [-0.39, 0.29) is 5.91 Å². The molecule has 1 saturated carbocycles. The Kier molecular flexibility index (Phi) is 5.44. The number of benzene rings is 1. The fourth-order valence-electron chi connectivity index (χ4n) is 3.69. The predicted octanol–water partition coefficient (Wildman–Crippen LogP) is 3.97. The number of hydrogen-bond donors (Lipinski definition) is 1. The number of thioether (sulfide) groups is 1. The molecule has 2 heterocycles. The van der Waals surface area contributed by atoms with E-state index < -0.39 is 0 Å². The molecular weight excluding hydrogens is 342 g/mol. The molecule has 4 nitrogen and oxygen atoms in total. The highest BCUT2D eigenvalue weighted by atomic mass is 32.2. The molecule has 136 valence electrons. The van der Waals surface area contributed by atoms with Crippen molar-refractivity contribution in [3.63, 3.8) is 0 Å². The van der Waals surface area contributed by atoms with E-state index in [2.05, 4.69) is 27.3 Å². The molecule has 5 heteroatoms. The Labute approximate surface area is 159 Å². The van der Waals surface area contributed by atoms with Crippen molar-refractivity contribution >= 4 is 23.5 Å². The number of pyridine rings is 1. The maximum absolute atomic E-state index is 12.3. The van der Waals surface area contributed by atoms with E-state index in [4.69, 9.17) is 0 Å². The predicted molar refractivity (Wildman–Crippen MR) is 109 cm³/mol. The topological polar surface area (TPSA) is 45.2 Å². The smallest absolute Gasteiger partial charge is 0.251 e. The second-order valence-corrected chi connectivity index (χ2v) is 8.26. The minimum Gasteiger partial charge on any atom is -0.355 e. The number of rotatable bonds is 4. The second kappa shape index (κ2) is 8.12. The lowest BCUT2D eigenvalue weighted by Gasteiger charge is -2.27. The molecule has 1 saturated heterocycles. The Morgan fingerprint density at radius 2 is 1.69 bits per heavy atom. The van der Waals surface area contributed by atoms with Gasteiger partial charge in [0.25, 0.3) is 5.91 Å². The fraction of sp³-hybridized carbons (Fsp3) is 0.429. The van der Waals surface area contributed by atoms with Gasteiger partial charge < -0.3 is 10.2 Å². The highest BCUT2D eigenvalue weighted by molar-refractivity contribution is 7.99. The summed E-state index contributed by atoms with van der Waals surface area (Å²) in [5.74, 6) is 3.45. The summed E-state index contributed by atoms with van der Waals surface area (Å²) in [5, 5.41) is 3.14. The van der Waals surface area contributed by atoms with Crippen molar-refractivity contribution in [2.75, 3.05) is 29.5 Å². The van der Waals surface area contributed by atoms with Gasteiger partial charge in [0.1, 0.15) is 5.82 Å². The van der Waals surface area contributed by atoms with E-state index in [1.165, 1.54) is 24.3 Å². The lowest BCUT2D eigenvalue weighted by atomic mass is 10.0. The van der Waals surface area contributed by atoms with Crippen molar-refractivity contribution < 1.29 is 4.79 Å². The summed E-state index contributed by atoms with van der Waals surface area (Å²) >= 11 is 2.00. The van der Waals surface area contributed by atoms with Crippen LogP contribution in [0.4, 0.5) is 5.82 Å². The Balaban J connectivity index is 1.42. The quantitative estimate of drug-likeness (QED) is 0.888. The molecule has 0 spiro atoms. The van der Waals surface area contributed by atoms with Gasteiger partial charge >= 0.3 is 0 Å². The van der Waals surface area contributed by atoms with Gasteiger partial charge in [0, 0.05) is 48.0 Å². The van der Waals surface area contributed by atoms with E-state index in [1.807, 2.05) is 42.2 Å². The Bertz CT molecular complexity index is 733. The number of carbonyl (C=O) groups excluding carboxylic acids is 1. The van der Waals surface area contributed by atoms with Gasteiger partial charge in [-0.2, -0.15) is 11.8 Å². The van der Waals surface area contributed by atoms with Gasteiger partial charge in [-0.05, 0) is 42.7 Å². The van der Waals surface area contributed by atoms with E-state index in [9.17, 15) is 4.79 Å². The summed E-state index contributed by atoms with van der Waals surface area (Å²) < 4.78 is 0. The van der Waals surface area contributed by atoms with Crippen LogP contribution in [0.3, 0.4) is 0 Å². The van der Waals surface area contributed by atoms with E-state index in [0.29, 0.717) is 6.04 Å². The van der Waals surface area contributed by atoms with Gasteiger partial charge in [-0.25, -0.2) is 4.98 Å². The summed E-state index contributed by atoms with van der Waals surface area (Å²) in [6.07, 6.45) is 6.60. The van der Waals surface area contributed by atoms with Crippen LogP contribution >= 0.6 is 11.8 Å². The highest BCUT2D eigenvalue weighted by Gasteiger charge is 2.18.